The minimum atomic E-state index is -0.827. The van der Waals surface area contributed by atoms with E-state index in [4.69, 9.17) is 0 Å². The molecular weight excluding hydrogens is 498 g/mol. The van der Waals surface area contributed by atoms with Crippen molar-refractivity contribution < 1.29 is 19.5 Å². The van der Waals surface area contributed by atoms with E-state index in [1.807, 2.05) is 46.2 Å². The van der Waals surface area contributed by atoms with Crippen LogP contribution < -0.4 is 0 Å². The van der Waals surface area contributed by atoms with Crippen LogP contribution in [0.5, 0.6) is 0 Å². The van der Waals surface area contributed by atoms with Crippen LogP contribution in [0.4, 0.5) is 0 Å². The number of rotatable bonds is 5. The SMILES string of the molecule is C[C@H](CO)N1C(=O)[C@@H]2[C@H]3C(=O)N(Cc4ccccc4)CC=C[C@H]3S[C@@]23C=CCN(C2CCCCC2)C(=O)C13. The zero-order valence-electron chi connectivity index (χ0n) is 21.9. The fourth-order valence-corrected chi connectivity index (χ4v) is 9.37. The smallest absolute Gasteiger partial charge is 0.247 e. The number of hydrogen-bond donors (Lipinski definition) is 1. The van der Waals surface area contributed by atoms with Crippen molar-refractivity contribution in [2.75, 3.05) is 19.7 Å². The Morgan fingerprint density at radius 3 is 2.50 bits per heavy atom. The summed E-state index contributed by atoms with van der Waals surface area (Å²) in [5.74, 6) is -1.43. The summed E-state index contributed by atoms with van der Waals surface area (Å²) in [6.07, 6.45) is 13.7. The number of nitrogens with zero attached hydrogens (tertiary/aromatic N) is 3. The molecule has 2 saturated heterocycles. The van der Waals surface area contributed by atoms with Crippen molar-refractivity contribution in [1.29, 1.82) is 0 Å². The second-order valence-corrected chi connectivity index (χ2v) is 12.9. The van der Waals surface area contributed by atoms with Crippen molar-refractivity contribution in [3.63, 3.8) is 0 Å². The van der Waals surface area contributed by atoms with Gasteiger partial charge in [-0.15, -0.1) is 11.8 Å². The molecule has 1 aromatic rings. The number of benzene rings is 1. The number of aliphatic hydroxyl groups excluding tert-OH is 1. The van der Waals surface area contributed by atoms with Crippen LogP contribution in [0, 0.1) is 11.8 Å². The average Bonchev–Trinajstić information content (AvgIpc) is 3.27. The minimum Gasteiger partial charge on any atom is -0.394 e. The predicted octanol–water partition coefficient (Wildman–Crippen LogP) is 2.99. The number of aliphatic hydroxyl groups is 1. The van der Waals surface area contributed by atoms with E-state index in [9.17, 15) is 19.5 Å². The summed E-state index contributed by atoms with van der Waals surface area (Å²) in [5, 5.41) is 9.97. The molecule has 3 amide bonds. The van der Waals surface area contributed by atoms with Gasteiger partial charge in [0.2, 0.25) is 17.7 Å². The Bertz CT molecular complexity index is 1150. The third-order valence-corrected chi connectivity index (χ3v) is 10.9. The highest BCUT2D eigenvalue weighted by molar-refractivity contribution is 8.02. The van der Waals surface area contributed by atoms with Gasteiger partial charge in [-0.1, -0.05) is 73.9 Å². The van der Waals surface area contributed by atoms with Crippen LogP contribution >= 0.6 is 11.8 Å². The first-order valence-corrected chi connectivity index (χ1v) is 14.9. The Hall–Kier alpha value is -2.58. The highest BCUT2D eigenvalue weighted by Crippen LogP contribution is 2.61. The fourth-order valence-electron chi connectivity index (χ4n) is 7.38. The van der Waals surface area contributed by atoms with Crippen molar-refractivity contribution in [2.24, 2.45) is 11.8 Å². The molecule has 4 aliphatic heterocycles. The molecule has 6 rings (SSSR count). The molecule has 0 bridgehead atoms. The molecule has 202 valence electrons. The van der Waals surface area contributed by atoms with E-state index in [1.54, 1.807) is 23.6 Å². The van der Waals surface area contributed by atoms with Crippen LogP contribution in [-0.2, 0) is 20.9 Å². The average molecular weight is 536 g/mol. The molecule has 7 nitrogen and oxygen atoms in total. The number of carbonyl (C=O) groups is 3. The molecule has 1 spiro atoms. The largest absolute Gasteiger partial charge is 0.394 e. The van der Waals surface area contributed by atoms with E-state index in [1.165, 1.54) is 6.42 Å². The Balaban J connectivity index is 1.38. The summed E-state index contributed by atoms with van der Waals surface area (Å²) in [7, 11) is 0. The van der Waals surface area contributed by atoms with Crippen molar-refractivity contribution >= 4 is 29.5 Å². The Labute approximate surface area is 228 Å². The van der Waals surface area contributed by atoms with Gasteiger partial charge in [0.05, 0.1) is 29.2 Å². The van der Waals surface area contributed by atoms with Gasteiger partial charge >= 0.3 is 0 Å². The highest BCUT2D eigenvalue weighted by atomic mass is 32.2. The highest BCUT2D eigenvalue weighted by Gasteiger charge is 2.71. The standard InChI is InChI=1S/C30H37N3O4S/c1-20(19-34)33-26-29(37)32(22-12-6-3-7-13-22)17-9-15-30(26)25(28(33)36)24-23(38-30)14-8-16-31(27(24)35)18-21-10-4-2-5-11-21/h2,4-5,8-11,14-15,20,22-26,34H,3,6-7,12-13,16-19H2,1H3/t20-,23-,24+,25+,26?,30+/m1/s1. The molecule has 1 unspecified atom stereocenters. The van der Waals surface area contributed by atoms with Gasteiger partial charge in [-0.3, -0.25) is 14.4 Å². The molecule has 6 atom stereocenters. The van der Waals surface area contributed by atoms with Crippen LogP contribution in [0.25, 0.3) is 0 Å². The van der Waals surface area contributed by atoms with Crippen LogP contribution in [0.15, 0.2) is 54.6 Å². The lowest BCUT2D eigenvalue weighted by atomic mass is 9.78. The van der Waals surface area contributed by atoms with E-state index < -0.39 is 28.7 Å². The molecule has 1 aromatic carbocycles. The van der Waals surface area contributed by atoms with Crippen LogP contribution in [0.1, 0.15) is 44.6 Å². The molecule has 38 heavy (non-hydrogen) atoms. The Morgan fingerprint density at radius 1 is 1.00 bits per heavy atom. The molecule has 1 aliphatic carbocycles. The van der Waals surface area contributed by atoms with E-state index in [-0.39, 0.29) is 35.6 Å². The lowest BCUT2D eigenvalue weighted by molar-refractivity contribution is -0.147. The van der Waals surface area contributed by atoms with Gasteiger partial charge in [0.25, 0.3) is 0 Å². The van der Waals surface area contributed by atoms with Gasteiger partial charge in [-0.05, 0) is 25.3 Å². The molecule has 4 heterocycles. The summed E-state index contributed by atoms with van der Waals surface area (Å²) < 4.78 is -0.827. The van der Waals surface area contributed by atoms with Gasteiger partial charge < -0.3 is 19.8 Å². The summed E-state index contributed by atoms with van der Waals surface area (Å²) in [5.41, 5.74) is 1.05. The summed E-state index contributed by atoms with van der Waals surface area (Å²) in [6, 6.07) is 8.87. The zero-order valence-corrected chi connectivity index (χ0v) is 22.8. The van der Waals surface area contributed by atoms with Gasteiger partial charge in [-0.2, -0.15) is 0 Å². The first-order chi connectivity index (χ1) is 18.5. The van der Waals surface area contributed by atoms with Crippen molar-refractivity contribution in [3.8, 4) is 0 Å². The molecule has 8 heteroatoms. The molecule has 3 fully saturated rings. The van der Waals surface area contributed by atoms with Crippen LogP contribution in [-0.4, -0.2) is 85.3 Å². The summed E-state index contributed by atoms with van der Waals surface area (Å²) in [6.45, 7) is 3.09. The maximum atomic E-state index is 14.4. The van der Waals surface area contributed by atoms with Crippen LogP contribution in [0.2, 0.25) is 0 Å². The van der Waals surface area contributed by atoms with Gasteiger partial charge in [0.1, 0.15) is 6.04 Å². The minimum absolute atomic E-state index is 0.0282. The molecule has 1 N–H and O–H groups in total. The monoisotopic (exact) mass is 535 g/mol. The maximum absolute atomic E-state index is 14.4. The molecule has 0 aromatic heterocycles. The topological polar surface area (TPSA) is 81.2 Å². The Morgan fingerprint density at radius 2 is 1.76 bits per heavy atom. The number of hydrogen-bond acceptors (Lipinski definition) is 5. The fraction of sp³-hybridized carbons (Fsp3) is 0.567. The maximum Gasteiger partial charge on any atom is 0.247 e. The van der Waals surface area contributed by atoms with E-state index >= 15 is 0 Å². The first-order valence-electron chi connectivity index (χ1n) is 14.0. The van der Waals surface area contributed by atoms with Crippen molar-refractivity contribution in [1.82, 2.24) is 14.7 Å². The number of amides is 3. The normalized spacial score (nSPS) is 34.2. The quantitative estimate of drug-likeness (QED) is 0.587. The zero-order chi connectivity index (χ0) is 26.4. The van der Waals surface area contributed by atoms with E-state index in [0.29, 0.717) is 19.6 Å². The number of thioether (sulfide) groups is 1. The summed E-state index contributed by atoms with van der Waals surface area (Å²) in [4.78, 5) is 48.3. The first kappa shape index (κ1) is 25.7. The van der Waals surface area contributed by atoms with Gasteiger partial charge in [0, 0.05) is 30.9 Å². The second kappa shape index (κ2) is 10.2. The number of fused-ring (bicyclic) bond motifs is 2. The lowest BCUT2D eigenvalue weighted by Gasteiger charge is -2.40. The van der Waals surface area contributed by atoms with Gasteiger partial charge in [0.15, 0.2) is 0 Å². The lowest BCUT2D eigenvalue weighted by Crippen LogP contribution is -2.57. The Kier molecular flexibility index (Phi) is 6.89. The molecule has 1 saturated carbocycles. The molecule has 5 aliphatic rings. The second-order valence-electron chi connectivity index (χ2n) is 11.4. The number of likely N-dealkylation sites (tertiary alicyclic amines) is 1. The van der Waals surface area contributed by atoms with Crippen molar-refractivity contribution in [3.05, 3.63) is 60.2 Å². The summed E-state index contributed by atoms with van der Waals surface area (Å²) >= 11 is 1.61. The third kappa shape index (κ3) is 4.02. The van der Waals surface area contributed by atoms with Crippen molar-refractivity contribution in [2.45, 2.75) is 73.7 Å². The van der Waals surface area contributed by atoms with Gasteiger partial charge in [-0.25, -0.2) is 0 Å². The third-order valence-electron chi connectivity index (χ3n) is 9.18. The van der Waals surface area contributed by atoms with E-state index in [0.717, 1.165) is 31.2 Å². The van der Waals surface area contributed by atoms with Crippen LogP contribution in [0.3, 0.4) is 0 Å². The number of carbonyl (C=O) groups excluding carboxylic acids is 3. The molecular formula is C30H37N3O4S. The predicted molar refractivity (Wildman–Crippen MR) is 147 cm³/mol. The van der Waals surface area contributed by atoms with E-state index in [2.05, 4.69) is 18.2 Å². The molecule has 0 radical (unpaired) electrons.